The van der Waals surface area contributed by atoms with E-state index in [0.29, 0.717) is 5.84 Å². The predicted octanol–water partition coefficient (Wildman–Crippen LogP) is 17.4. The first-order chi connectivity index (χ1) is 36.1. The minimum absolute atomic E-state index is 0.178. The van der Waals surface area contributed by atoms with E-state index in [4.69, 9.17) is 10.4 Å². The Kier molecular flexibility index (Phi) is 9.93. The van der Waals surface area contributed by atoms with Gasteiger partial charge in [0.05, 0.1) is 22.1 Å². The molecular weight excluding hydrogens is 887 g/mol. The molecule has 73 heavy (non-hydrogen) atoms. The van der Waals surface area contributed by atoms with Gasteiger partial charge in [0, 0.05) is 38.4 Å². The monoisotopic (exact) mass is 931 g/mol. The molecule has 0 aliphatic carbocycles. The average molecular weight is 932 g/mol. The zero-order chi connectivity index (χ0) is 48.4. The van der Waals surface area contributed by atoms with E-state index < -0.39 is 0 Å². The Morgan fingerprint density at radius 3 is 1.15 bits per heavy atom. The van der Waals surface area contributed by atoms with Gasteiger partial charge in [0.1, 0.15) is 0 Å². The molecule has 2 aromatic heterocycles. The molecule has 5 heteroatoms. The molecule has 0 saturated carbocycles. The van der Waals surface area contributed by atoms with Gasteiger partial charge in [-0.1, -0.05) is 200 Å². The van der Waals surface area contributed by atoms with Crippen LogP contribution in [-0.2, 0) is 0 Å². The second-order valence-electron chi connectivity index (χ2n) is 18.8. The number of hydrogen-bond acceptors (Lipinski definition) is 1. The zero-order valence-corrected chi connectivity index (χ0v) is 39.7. The fourth-order valence-electron chi connectivity index (χ4n) is 11.1. The van der Waals surface area contributed by atoms with Crippen molar-refractivity contribution in [1.82, 2.24) is 9.24 Å². The molecule has 0 aliphatic rings. The van der Waals surface area contributed by atoms with Crippen LogP contribution >= 0.6 is 0 Å². The zero-order valence-electron chi connectivity index (χ0n) is 39.7. The summed E-state index contributed by atoms with van der Waals surface area (Å²) in [6, 6.07) is 93.0. The maximum absolute atomic E-state index is 9.07. The second kappa shape index (κ2) is 17.2. The van der Waals surface area contributed by atoms with Crippen molar-refractivity contribution < 1.29 is 0 Å². The quantitative estimate of drug-likeness (QED) is 0.0934. The molecule has 2 heterocycles. The molecule has 0 spiro atoms. The van der Waals surface area contributed by atoms with Crippen LogP contribution in [0.1, 0.15) is 11.1 Å². The maximum atomic E-state index is 9.07. The van der Waals surface area contributed by atoms with Gasteiger partial charge in [-0.3, -0.25) is 15.5 Å². The summed E-state index contributed by atoms with van der Waals surface area (Å²) < 4.78 is 4.58. The summed E-state index contributed by atoms with van der Waals surface area (Å²) in [6.45, 7) is 0. The summed E-state index contributed by atoms with van der Waals surface area (Å²) in [4.78, 5) is 4.95. The number of benzene rings is 12. The molecule has 0 fully saturated rings. The molecular formula is C68H45N5. The molecule has 5 nitrogen and oxygen atoms in total. The SMILES string of the molecule is N=C(N=C(Nn1c2ccc(-c3ccccc3)cc2c2cc(-c3ccc4c(c3)c3cc(-c5ccccc5)ccc3n4-c3ccc4c5ccccc5c5ccccc5c4c3)ccc21)c1ccccc1)c1ccccc1. The molecule has 0 bridgehead atoms. The van der Waals surface area contributed by atoms with Crippen molar-refractivity contribution >= 4 is 87.6 Å². The van der Waals surface area contributed by atoms with Crippen molar-refractivity contribution in [2.24, 2.45) is 4.99 Å². The topological polar surface area (TPSA) is 58.1 Å². The standard InChI is InChI=1S/C68H45N5/c69-67(46-21-9-3-10-22-46)70-68(47-23-11-4-12-24-47)71-73-65-37-31-49(45-19-7-2-8-20-45)40-61(65)62-42-51(32-38-66(62)73)50-30-36-64-60(41-50)59-39-48(44-17-5-1-6-18-44)29-35-63(59)72(64)52-33-34-57-55-27-14-13-25-53(55)54-26-15-16-28-56(54)58(57)43-52/h1-43H,(H2,69,70,71). The Morgan fingerprint density at radius 1 is 0.301 bits per heavy atom. The van der Waals surface area contributed by atoms with Crippen LogP contribution in [0.4, 0.5) is 0 Å². The van der Waals surface area contributed by atoms with Crippen LogP contribution in [0.3, 0.4) is 0 Å². The summed E-state index contributed by atoms with van der Waals surface area (Å²) in [5.74, 6) is 0.755. The molecule has 0 saturated heterocycles. The van der Waals surface area contributed by atoms with E-state index in [1.165, 1.54) is 54.2 Å². The number of rotatable bonds is 7. The van der Waals surface area contributed by atoms with Crippen LogP contribution in [0, 0.1) is 5.41 Å². The summed E-state index contributed by atoms with van der Waals surface area (Å²) in [5, 5.41) is 21.2. The molecule has 0 atom stereocenters. The lowest BCUT2D eigenvalue weighted by Crippen LogP contribution is -2.25. The highest BCUT2D eigenvalue weighted by atomic mass is 15.4. The van der Waals surface area contributed by atoms with E-state index in [2.05, 4.69) is 215 Å². The highest BCUT2D eigenvalue weighted by Gasteiger charge is 2.20. The van der Waals surface area contributed by atoms with Gasteiger partial charge in [0.2, 0.25) is 0 Å². The lowest BCUT2D eigenvalue weighted by atomic mass is 9.94. The van der Waals surface area contributed by atoms with Crippen LogP contribution in [0.2, 0.25) is 0 Å². The van der Waals surface area contributed by atoms with Crippen LogP contribution in [-0.4, -0.2) is 20.9 Å². The van der Waals surface area contributed by atoms with Crippen molar-refractivity contribution in [2.45, 2.75) is 0 Å². The van der Waals surface area contributed by atoms with Gasteiger partial charge in [-0.05, 0) is 126 Å². The van der Waals surface area contributed by atoms with E-state index in [0.717, 1.165) is 71.9 Å². The fourth-order valence-corrected chi connectivity index (χ4v) is 11.1. The first kappa shape index (κ1) is 42.1. The number of aliphatic imine (C=N–C) groups is 1. The van der Waals surface area contributed by atoms with E-state index in [9.17, 15) is 0 Å². The Morgan fingerprint density at radius 2 is 0.671 bits per heavy atom. The minimum atomic E-state index is 0.178. The van der Waals surface area contributed by atoms with Gasteiger partial charge >= 0.3 is 0 Å². The molecule has 12 aromatic carbocycles. The van der Waals surface area contributed by atoms with E-state index in [1.807, 2.05) is 60.7 Å². The Bertz CT molecular complexity index is 4480. The fraction of sp³-hybridized carbons (Fsp3) is 0. The summed E-state index contributed by atoms with van der Waals surface area (Å²) >= 11 is 0. The van der Waals surface area contributed by atoms with Crippen molar-refractivity contribution in [3.05, 3.63) is 272 Å². The van der Waals surface area contributed by atoms with E-state index >= 15 is 0 Å². The smallest absolute Gasteiger partial charge is 0.154 e. The van der Waals surface area contributed by atoms with Crippen LogP contribution in [0.5, 0.6) is 0 Å². The largest absolute Gasteiger partial charge is 0.309 e. The third-order valence-corrected chi connectivity index (χ3v) is 14.6. The van der Waals surface area contributed by atoms with Crippen LogP contribution in [0.25, 0.3) is 115 Å². The van der Waals surface area contributed by atoms with Gasteiger partial charge in [0.25, 0.3) is 0 Å². The number of nitrogens with one attached hydrogen (secondary N) is 2. The second-order valence-corrected chi connectivity index (χ2v) is 18.8. The predicted molar refractivity (Wildman–Crippen MR) is 308 cm³/mol. The molecule has 14 rings (SSSR count). The Labute approximate surface area is 421 Å². The summed E-state index contributed by atoms with van der Waals surface area (Å²) in [7, 11) is 0. The molecule has 14 aromatic rings. The van der Waals surface area contributed by atoms with Gasteiger partial charge in [-0.25, -0.2) is 4.99 Å². The van der Waals surface area contributed by atoms with E-state index in [-0.39, 0.29) is 5.84 Å². The summed E-state index contributed by atoms with van der Waals surface area (Å²) in [5.41, 5.74) is 17.7. The Hall–Kier alpha value is -9.84. The molecule has 2 N–H and O–H groups in total. The van der Waals surface area contributed by atoms with Gasteiger partial charge in [0.15, 0.2) is 11.7 Å². The molecule has 0 unspecified atom stereocenters. The number of amidine groups is 2. The minimum Gasteiger partial charge on any atom is -0.309 e. The lowest BCUT2D eigenvalue weighted by Gasteiger charge is -2.15. The number of aromatic nitrogens is 2. The van der Waals surface area contributed by atoms with Crippen LogP contribution < -0.4 is 5.43 Å². The number of hydrogen-bond donors (Lipinski definition) is 2. The van der Waals surface area contributed by atoms with Crippen molar-refractivity contribution in [3.8, 4) is 39.1 Å². The van der Waals surface area contributed by atoms with E-state index in [1.54, 1.807) is 0 Å². The third kappa shape index (κ3) is 7.17. The third-order valence-electron chi connectivity index (χ3n) is 14.6. The van der Waals surface area contributed by atoms with Crippen LogP contribution in [0.15, 0.2) is 266 Å². The van der Waals surface area contributed by atoms with Gasteiger partial charge in [-0.2, -0.15) is 0 Å². The normalized spacial score (nSPS) is 12.0. The first-order valence-electron chi connectivity index (χ1n) is 24.8. The Balaban J connectivity index is 0.961. The van der Waals surface area contributed by atoms with Gasteiger partial charge in [-0.15, -0.1) is 0 Å². The molecule has 0 aliphatic heterocycles. The summed E-state index contributed by atoms with van der Waals surface area (Å²) in [6.07, 6.45) is 0. The van der Waals surface area contributed by atoms with Crippen molar-refractivity contribution in [1.29, 1.82) is 5.41 Å². The molecule has 342 valence electrons. The number of fused-ring (bicyclic) bond motifs is 12. The maximum Gasteiger partial charge on any atom is 0.154 e. The highest BCUT2D eigenvalue weighted by molar-refractivity contribution is 6.26. The lowest BCUT2D eigenvalue weighted by molar-refractivity contribution is 1.08. The molecule has 0 amide bonds. The van der Waals surface area contributed by atoms with Crippen molar-refractivity contribution in [2.75, 3.05) is 5.43 Å². The highest BCUT2D eigenvalue weighted by Crippen LogP contribution is 2.42. The average Bonchev–Trinajstić information content (AvgIpc) is 3.98. The first-order valence-corrected chi connectivity index (χ1v) is 24.8. The van der Waals surface area contributed by atoms with Gasteiger partial charge < -0.3 is 4.57 Å². The van der Waals surface area contributed by atoms with Crippen molar-refractivity contribution in [3.63, 3.8) is 0 Å². The molecule has 0 radical (unpaired) electrons. The number of nitrogens with zero attached hydrogens (tertiary/aromatic N) is 3.